The van der Waals surface area contributed by atoms with Crippen molar-refractivity contribution in [1.82, 2.24) is 20.4 Å². The monoisotopic (exact) mass is 343 g/mol. The molecule has 134 valence electrons. The van der Waals surface area contributed by atoms with E-state index in [1.165, 1.54) is 19.3 Å². The maximum absolute atomic E-state index is 12.1. The highest BCUT2D eigenvalue weighted by atomic mass is 16.4. The van der Waals surface area contributed by atoms with Crippen LogP contribution in [-0.4, -0.2) is 46.8 Å². The number of amides is 2. The van der Waals surface area contributed by atoms with Crippen molar-refractivity contribution in [2.75, 3.05) is 25.0 Å². The fraction of sp³-hybridized carbons (Fsp3) is 0.500. The van der Waals surface area contributed by atoms with Crippen molar-refractivity contribution in [1.29, 1.82) is 0 Å². The molecule has 1 saturated heterocycles. The second kappa shape index (κ2) is 8.11. The SMILES string of the molecule is Cc1nnc(-c2ccc(NC(=O)NC(C)CN3CCCCC3)cc2)o1. The number of hydrogen-bond acceptors (Lipinski definition) is 5. The fourth-order valence-electron chi connectivity index (χ4n) is 3.08. The molecule has 1 aliphatic heterocycles. The van der Waals surface area contributed by atoms with Gasteiger partial charge in [-0.1, -0.05) is 6.42 Å². The number of carbonyl (C=O) groups is 1. The number of nitrogens with one attached hydrogen (secondary N) is 2. The molecule has 2 aromatic rings. The van der Waals surface area contributed by atoms with E-state index in [-0.39, 0.29) is 12.1 Å². The number of aromatic nitrogens is 2. The van der Waals surface area contributed by atoms with Crippen LogP contribution in [0.25, 0.3) is 11.5 Å². The van der Waals surface area contributed by atoms with Crippen molar-refractivity contribution in [2.24, 2.45) is 0 Å². The van der Waals surface area contributed by atoms with E-state index >= 15 is 0 Å². The van der Waals surface area contributed by atoms with E-state index in [4.69, 9.17) is 4.42 Å². The second-order valence-electron chi connectivity index (χ2n) is 6.56. The number of likely N-dealkylation sites (tertiary alicyclic amines) is 1. The maximum Gasteiger partial charge on any atom is 0.319 e. The van der Waals surface area contributed by atoms with Gasteiger partial charge in [-0.2, -0.15) is 0 Å². The van der Waals surface area contributed by atoms with E-state index < -0.39 is 0 Å². The fourth-order valence-corrected chi connectivity index (χ4v) is 3.08. The minimum absolute atomic E-state index is 0.110. The molecule has 2 heterocycles. The normalized spacial score (nSPS) is 16.4. The summed E-state index contributed by atoms with van der Waals surface area (Å²) in [5.41, 5.74) is 1.55. The van der Waals surface area contributed by atoms with Gasteiger partial charge in [0.2, 0.25) is 11.8 Å². The molecular weight excluding hydrogens is 318 g/mol. The lowest BCUT2D eigenvalue weighted by atomic mass is 10.1. The van der Waals surface area contributed by atoms with Crippen LogP contribution in [-0.2, 0) is 0 Å². The number of benzene rings is 1. The summed E-state index contributed by atoms with van der Waals surface area (Å²) in [7, 11) is 0. The topological polar surface area (TPSA) is 83.3 Å². The number of rotatable bonds is 5. The van der Waals surface area contributed by atoms with Crippen LogP contribution in [0.2, 0.25) is 0 Å². The van der Waals surface area contributed by atoms with E-state index in [1.807, 2.05) is 31.2 Å². The van der Waals surface area contributed by atoms with E-state index in [9.17, 15) is 4.79 Å². The quantitative estimate of drug-likeness (QED) is 0.872. The molecule has 1 aromatic heterocycles. The van der Waals surface area contributed by atoms with Crippen LogP contribution in [0.15, 0.2) is 28.7 Å². The first kappa shape index (κ1) is 17.4. The molecule has 0 bridgehead atoms. The third kappa shape index (κ3) is 5.03. The summed E-state index contributed by atoms with van der Waals surface area (Å²) in [6, 6.07) is 7.26. The van der Waals surface area contributed by atoms with Crippen LogP contribution in [0.5, 0.6) is 0 Å². The number of urea groups is 1. The number of piperidine rings is 1. The Balaban J connectivity index is 1.48. The van der Waals surface area contributed by atoms with Gasteiger partial charge >= 0.3 is 6.03 Å². The van der Waals surface area contributed by atoms with Gasteiger partial charge in [0.05, 0.1) is 0 Å². The molecule has 1 aromatic carbocycles. The van der Waals surface area contributed by atoms with Crippen LogP contribution in [0.3, 0.4) is 0 Å². The molecule has 0 radical (unpaired) electrons. The molecule has 1 unspecified atom stereocenters. The summed E-state index contributed by atoms with van der Waals surface area (Å²) in [5.74, 6) is 1.00. The van der Waals surface area contributed by atoms with Crippen LogP contribution in [0, 0.1) is 6.92 Å². The maximum atomic E-state index is 12.1. The molecule has 3 rings (SSSR count). The van der Waals surface area contributed by atoms with Crippen molar-refractivity contribution in [3.05, 3.63) is 30.2 Å². The molecule has 2 N–H and O–H groups in total. The summed E-state index contributed by atoms with van der Waals surface area (Å²) in [6.45, 7) is 6.94. The Morgan fingerprint density at radius 2 is 1.92 bits per heavy atom. The summed E-state index contributed by atoms with van der Waals surface area (Å²) in [4.78, 5) is 14.6. The predicted octanol–water partition coefficient (Wildman–Crippen LogP) is 3.04. The first-order valence-corrected chi connectivity index (χ1v) is 8.80. The number of aryl methyl sites for hydroxylation is 1. The Kier molecular flexibility index (Phi) is 5.65. The Morgan fingerprint density at radius 3 is 2.56 bits per heavy atom. The largest absolute Gasteiger partial charge is 0.421 e. The molecule has 0 aliphatic carbocycles. The number of nitrogens with zero attached hydrogens (tertiary/aromatic N) is 3. The Morgan fingerprint density at radius 1 is 1.20 bits per heavy atom. The molecule has 0 saturated carbocycles. The number of hydrogen-bond donors (Lipinski definition) is 2. The van der Waals surface area contributed by atoms with Crippen molar-refractivity contribution < 1.29 is 9.21 Å². The van der Waals surface area contributed by atoms with Gasteiger partial charge in [-0.3, -0.25) is 0 Å². The molecule has 1 aliphatic rings. The minimum Gasteiger partial charge on any atom is -0.421 e. The first-order valence-electron chi connectivity index (χ1n) is 8.80. The minimum atomic E-state index is -0.189. The van der Waals surface area contributed by atoms with E-state index in [0.717, 1.165) is 30.9 Å². The zero-order chi connectivity index (χ0) is 17.6. The summed E-state index contributed by atoms with van der Waals surface area (Å²) in [5, 5.41) is 13.6. The van der Waals surface area contributed by atoms with Crippen molar-refractivity contribution in [3.8, 4) is 11.5 Å². The molecular formula is C18H25N5O2. The molecule has 0 spiro atoms. The molecule has 7 nitrogen and oxygen atoms in total. The second-order valence-corrected chi connectivity index (χ2v) is 6.56. The van der Waals surface area contributed by atoms with Crippen LogP contribution in [0.1, 0.15) is 32.1 Å². The van der Waals surface area contributed by atoms with Gasteiger partial charge in [-0.05, 0) is 57.1 Å². The molecule has 25 heavy (non-hydrogen) atoms. The van der Waals surface area contributed by atoms with Gasteiger partial charge in [0.15, 0.2) is 0 Å². The van der Waals surface area contributed by atoms with E-state index in [1.54, 1.807) is 6.92 Å². The van der Waals surface area contributed by atoms with Crippen LogP contribution >= 0.6 is 0 Å². The smallest absolute Gasteiger partial charge is 0.319 e. The van der Waals surface area contributed by atoms with Gasteiger partial charge in [-0.15, -0.1) is 10.2 Å². The third-order valence-electron chi connectivity index (χ3n) is 4.27. The van der Waals surface area contributed by atoms with Gasteiger partial charge in [0, 0.05) is 30.8 Å². The highest BCUT2D eigenvalue weighted by Gasteiger charge is 2.15. The van der Waals surface area contributed by atoms with E-state index in [2.05, 4.69) is 25.7 Å². The zero-order valence-electron chi connectivity index (χ0n) is 14.8. The van der Waals surface area contributed by atoms with Gasteiger partial charge in [0.1, 0.15) is 0 Å². The summed E-state index contributed by atoms with van der Waals surface area (Å²) in [6.07, 6.45) is 3.83. The Bertz CT molecular complexity index is 692. The molecule has 1 atom stereocenters. The highest BCUT2D eigenvalue weighted by molar-refractivity contribution is 5.89. The summed E-state index contributed by atoms with van der Waals surface area (Å²) >= 11 is 0. The van der Waals surface area contributed by atoms with Crippen LogP contribution < -0.4 is 10.6 Å². The summed E-state index contributed by atoms with van der Waals surface area (Å²) < 4.78 is 5.39. The molecule has 7 heteroatoms. The lowest BCUT2D eigenvalue weighted by Crippen LogP contribution is -2.45. The number of carbonyl (C=O) groups excluding carboxylic acids is 1. The van der Waals surface area contributed by atoms with Gasteiger partial charge in [-0.25, -0.2) is 4.79 Å². The molecule has 2 amide bonds. The van der Waals surface area contributed by atoms with Crippen molar-refractivity contribution >= 4 is 11.7 Å². The predicted molar refractivity (Wildman–Crippen MR) is 96.4 cm³/mol. The van der Waals surface area contributed by atoms with Crippen molar-refractivity contribution in [3.63, 3.8) is 0 Å². The lowest BCUT2D eigenvalue weighted by Gasteiger charge is -2.29. The Labute approximate surface area is 147 Å². The average Bonchev–Trinajstić information content (AvgIpc) is 3.02. The standard InChI is InChI=1S/C18H25N5O2/c1-13(12-23-10-4-3-5-11-23)19-18(24)20-16-8-6-15(7-9-16)17-22-21-14(2)25-17/h6-9,13H,3-5,10-12H2,1-2H3,(H2,19,20,24). The van der Waals surface area contributed by atoms with Crippen LogP contribution in [0.4, 0.5) is 10.5 Å². The Hall–Kier alpha value is -2.41. The van der Waals surface area contributed by atoms with Gasteiger partial charge < -0.3 is 20.0 Å². The third-order valence-corrected chi connectivity index (χ3v) is 4.27. The molecule has 1 fully saturated rings. The van der Waals surface area contributed by atoms with Gasteiger partial charge in [0.25, 0.3) is 0 Å². The lowest BCUT2D eigenvalue weighted by molar-refractivity contribution is 0.206. The van der Waals surface area contributed by atoms with Crippen molar-refractivity contribution in [2.45, 2.75) is 39.2 Å². The average molecular weight is 343 g/mol. The van der Waals surface area contributed by atoms with E-state index in [0.29, 0.717) is 11.8 Å². The zero-order valence-corrected chi connectivity index (χ0v) is 14.8. The highest BCUT2D eigenvalue weighted by Crippen LogP contribution is 2.20. The number of anilines is 1. The first-order chi connectivity index (χ1) is 12.1.